The van der Waals surface area contributed by atoms with Gasteiger partial charge in [-0.05, 0) is 26.1 Å². The van der Waals surface area contributed by atoms with Crippen LogP contribution in [0.1, 0.15) is 25.5 Å². The zero-order chi connectivity index (χ0) is 14.9. The third-order valence-corrected chi connectivity index (χ3v) is 3.41. The number of halogens is 2. The molecule has 3 nitrogen and oxygen atoms in total. The van der Waals surface area contributed by atoms with E-state index in [-0.39, 0.29) is 5.70 Å². The summed E-state index contributed by atoms with van der Waals surface area (Å²) in [5.74, 6) is 0.694. The smallest absolute Gasteiger partial charge is 0.279 e. The molecule has 1 heterocycles. The van der Waals surface area contributed by atoms with Crippen LogP contribution in [0.2, 0.25) is 0 Å². The van der Waals surface area contributed by atoms with Gasteiger partial charge in [-0.2, -0.15) is 0 Å². The van der Waals surface area contributed by atoms with Gasteiger partial charge >= 0.3 is 0 Å². The lowest BCUT2D eigenvalue weighted by atomic mass is 9.92. The van der Waals surface area contributed by atoms with Crippen LogP contribution in [0.4, 0.5) is 8.78 Å². The summed E-state index contributed by atoms with van der Waals surface area (Å²) in [5.41, 5.74) is 5.25. The number of rotatable bonds is 4. The number of benzene rings is 1. The van der Waals surface area contributed by atoms with Gasteiger partial charge in [0.15, 0.2) is 0 Å². The van der Waals surface area contributed by atoms with E-state index in [0.29, 0.717) is 5.75 Å². The normalized spacial score (nSPS) is 20.4. The maximum atomic E-state index is 13.1. The minimum Gasteiger partial charge on any atom is -0.485 e. The summed E-state index contributed by atoms with van der Waals surface area (Å²) < 4.78 is 32.1. The Morgan fingerprint density at radius 1 is 1.45 bits per heavy atom. The van der Waals surface area contributed by atoms with Crippen LogP contribution >= 0.6 is 0 Å². The number of allylic oxidation sites excluding steroid dienone is 1. The van der Waals surface area contributed by atoms with Gasteiger partial charge in [-0.25, -0.2) is 8.78 Å². The Bertz CT molecular complexity index is 540. The van der Waals surface area contributed by atoms with Crippen LogP contribution in [-0.2, 0) is 0 Å². The molecule has 20 heavy (non-hydrogen) atoms. The monoisotopic (exact) mass is 280 g/mol. The number of fused-ring (bicyclic) bond motifs is 1. The standard InChI is InChI=1S/C15H18F2N2O/c1-4-19(11(9-18)14(16)17)13-10-7-5-6-8-12(10)20-15(13,2)3/h4-9,13-14H,1,18H2,2-3H3/b11-9-. The molecular weight excluding hydrogens is 262 g/mol. The number of alkyl halides is 2. The third-order valence-electron chi connectivity index (χ3n) is 3.41. The number of hydrogen-bond acceptors (Lipinski definition) is 3. The van der Waals surface area contributed by atoms with Gasteiger partial charge in [-0.1, -0.05) is 24.8 Å². The Morgan fingerprint density at radius 3 is 2.65 bits per heavy atom. The predicted molar refractivity (Wildman–Crippen MR) is 74.2 cm³/mol. The van der Waals surface area contributed by atoms with Gasteiger partial charge in [0.1, 0.15) is 23.1 Å². The van der Waals surface area contributed by atoms with Gasteiger partial charge in [-0.15, -0.1) is 0 Å². The predicted octanol–water partition coefficient (Wildman–Crippen LogP) is 3.41. The molecule has 108 valence electrons. The average molecular weight is 280 g/mol. The van der Waals surface area contributed by atoms with Crippen LogP contribution in [0.3, 0.4) is 0 Å². The van der Waals surface area contributed by atoms with E-state index < -0.39 is 18.1 Å². The number of para-hydroxylation sites is 1. The molecule has 1 atom stereocenters. The molecule has 0 amide bonds. The second kappa shape index (κ2) is 5.15. The Hall–Kier alpha value is -2.04. The molecular formula is C15H18F2N2O. The Labute approximate surface area is 117 Å². The molecule has 1 aliphatic rings. The highest BCUT2D eigenvalue weighted by molar-refractivity contribution is 5.43. The fourth-order valence-corrected chi connectivity index (χ4v) is 2.63. The van der Waals surface area contributed by atoms with E-state index in [4.69, 9.17) is 10.5 Å². The fourth-order valence-electron chi connectivity index (χ4n) is 2.63. The maximum absolute atomic E-state index is 13.1. The zero-order valence-corrected chi connectivity index (χ0v) is 11.5. The van der Waals surface area contributed by atoms with E-state index >= 15 is 0 Å². The average Bonchev–Trinajstić information content (AvgIpc) is 2.65. The lowest BCUT2D eigenvalue weighted by molar-refractivity contribution is 0.0462. The summed E-state index contributed by atoms with van der Waals surface area (Å²) >= 11 is 0. The van der Waals surface area contributed by atoms with Gasteiger partial charge in [0, 0.05) is 11.8 Å². The maximum Gasteiger partial charge on any atom is 0.279 e. The summed E-state index contributed by atoms with van der Waals surface area (Å²) in [4.78, 5) is 1.39. The van der Waals surface area contributed by atoms with E-state index in [1.54, 1.807) is 0 Å². The topological polar surface area (TPSA) is 38.5 Å². The van der Waals surface area contributed by atoms with Gasteiger partial charge in [-0.3, -0.25) is 0 Å². The summed E-state index contributed by atoms with van der Waals surface area (Å²) in [6, 6.07) is 6.99. The Balaban J connectivity index is 2.51. The highest BCUT2D eigenvalue weighted by Crippen LogP contribution is 2.47. The molecule has 2 rings (SSSR count). The Kier molecular flexibility index (Phi) is 3.70. The molecule has 0 fully saturated rings. The van der Waals surface area contributed by atoms with Gasteiger partial charge in [0.05, 0.1) is 0 Å². The SMILES string of the molecule is C=CN(/C(=C\N)C(F)F)C1c2ccccc2OC1(C)C. The van der Waals surface area contributed by atoms with Crippen molar-refractivity contribution in [1.29, 1.82) is 0 Å². The summed E-state index contributed by atoms with van der Waals surface area (Å²) in [5, 5.41) is 0. The minimum atomic E-state index is -2.68. The van der Waals surface area contributed by atoms with E-state index in [2.05, 4.69) is 6.58 Å². The first-order chi connectivity index (χ1) is 9.42. The van der Waals surface area contributed by atoms with Crippen LogP contribution in [-0.4, -0.2) is 16.9 Å². The fraction of sp³-hybridized carbons (Fsp3) is 0.333. The van der Waals surface area contributed by atoms with Gasteiger partial charge < -0.3 is 15.4 Å². The molecule has 0 aromatic heterocycles. The molecule has 1 aromatic rings. The largest absolute Gasteiger partial charge is 0.485 e. The minimum absolute atomic E-state index is 0.279. The molecule has 2 N–H and O–H groups in total. The summed E-state index contributed by atoms with van der Waals surface area (Å²) in [6.45, 7) is 7.35. The number of hydrogen-bond donors (Lipinski definition) is 1. The van der Waals surface area contributed by atoms with Gasteiger partial charge in [0.25, 0.3) is 6.43 Å². The van der Waals surface area contributed by atoms with E-state index in [1.165, 1.54) is 11.1 Å². The van der Waals surface area contributed by atoms with Crippen molar-refractivity contribution in [3.63, 3.8) is 0 Å². The van der Waals surface area contributed by atoms with Crippen LogP contribution in [0, 0.1) is 0 Å². The lowest BCUT2D eigenvalue weighted by Crippen LogP contribution is -2.40. The van der Waals surface area contributed by atoms with Crippen LogP contribution in [0.15, 0.2) is 48.9 Å². The lowest BCUT2D eigenvalue weighted by Gasteiger charge is -2.36. The summed E-state index contributed by atoms with van der Waals surface area (Å²) in [7, 11) is 0. The van der Waals surface area contributed by atoms with Crippen LogP contribution < -0.4 is 10.5 Å². The van der Waals surface area contributed by atoms with Crippen molar-refractivity contribution in [1.82, 2.24) is 4.90 Å². The first kappa shape index (κ1) is 14.4. The second-order valence-electron chi connectivity index (χ2n) is 5.13. The highest BCUT2D eigenvalue weighted by Gasteiger charge is 2.45. The zero-order valence-electron chi connectivity index (χ0n) is 11.5. The van der Waals surface area contributed by atoms with Crippen molar-refractivity contribution >= 4 is 0 Å². The number of ether oxygens (including phenoxy) is 1. The quantitative estimate of drug-likeness (QED) is 0.918. The van der Waals surface area contributed by atoms with Crippen molar-refractivity contribution in [2.75, 3.05) is 0 Å². The van der Waals surface area contributed by atoms with Crippen molar-refractivity contribution in [2.24, 2.45) is 5.73 Å². The van der Waals surface area contributed by atoms with Crippen LogP contribution in [0.5, 0.6) is 5.75 Å². The van der Waals surface area contributed by atoms with E-state index in [9.17, 15) is 8.78 Å². The third kappa shape index (κ3) is 2.24. The molecule has 0 aliphatic carbocycles. The second-order valence-corrected chi connectivity index (χ2v) is 5.13. The van der Waals surface area contributed by atoms with Gasteiger partial charge in [0.2, 0.25) is 0 Å². The first-order valence-corrected chi connectivity index (χ1v) is 6.31. The Morgan fingerprint density at radius 2 is 2.10 bits per heavy atom. The molecule has 0 saturated heterocycles. The molecule has 0 bridgehead atoms. The molecule has 1 aromatic carbocycles. The first-order valence-electron chi connectivity index (χ1n) is 6.31. The molecule has 0 radical (unpaired) electrons. The number of nitrogens with zero attached hydrogens (tertiary/aromatic N) is 1. The van der Waals surface area contributed by atoms with Crippen molar-refractivity contribution in [3.8, 4) is 5.75 Å². The summed E-state index contributed by atoms with van der Waals surface area (Å²) in [6.07, 6.45) is -0.395. The highest BCUT2D eigenvalue weighted by atomic mass is 19.3. The van der Waals surface area contributed by atoms with E-state index in [1.807, 2.05) is 38.1 Å². The molecule has 0 spiro atoms. The van der Waals surface area contributed by atoms with Crippen LogP contribution in [0.25, 0.3) is 0 Å². The van der Waals surface area contributed by atoms with Crippen molar-refractivity contribution in [3.05, 3.63) is 54.5 Å². The molecule has 1 aliphatic heterocycles. The van der Waals surface area contributed by atoms with Crippen molar-refractivity contribution < 1.29 is 13.5 Å². The molecule has 0 saturated carbocycles. The van der Waals surface area contributed by atoms with Crippen molar-refractivity contribution in [2.45, 2.75) is 31.9 Å². The number of nitrogens with two attached hydrogens (primary N) is 1. The van der Waals surface area contributed by atoms with E-state index in [0.717, 1.165) is 11.8 Å². The molecule has 5 heteroatoms. The molecule has 1 unspecified atom stereocenters.